The summed E-state index contributed by atoms with van der Waals surface area (Å²) in [6.07, 6.45) is 4.98. The van der Waals surface area contributed by atoms with E-state index in [4.69, 9.17) is 0 Å². The molecule has 0 spiro atoms. The van der Waals surface area contributed by atoms with Gasteiger partial charge in [-0.05, 0) is 61.9 Å². The van der Waals surface area contributed by atoms with Gasteiger partial charge < -0.3 is 5.11 Å². The molecule has 0 radical (unpaired) electrons. The first-order chi connectivity index (χ1) is 9.00. The minimum absolute atomic E-state index is 0.218. The van der Waals surface area contributed by atoms with E-state index >= 15 is 0 Å². The van der Waals surface area contributed by atoms with Crippen LogP contribution in [0.15, 0.2) is 11.1 Å². The summed E-state index contributed by atoms with van der Waals surface area (Å²) in [5.74, 6) is 2.90. The van der Waals surface area contributed by atoms with E-state index in [1.807, 2.05) is 6.92 Å². The van der Waals surface area contributed by atoms with E-state index in [9.17, 15) is 9.90 Å². The highest BCUT2D eigenvalue weighted by atomic mass is 16.3. The van der Waals surface area contributed by atoms with Crippen molar-refractivity contribution < 1.29 is 9.90 Å². The van der Waals surface area contributed by atoms with Crippen molar-refractivity contribution in [2.24, 2.45) is 29.6 Å². The highest BCUT2D eigenvalue weighted by molar-refractivity contribution is 5.98. The van der Waals surface area contributed by atoms with Gasteiger partial charge in [-0.15, -0.1) is 0 Å². The van der Waals surface area contributed by atoms with Crippen LogP contribution >= 0.6 is 0 Å². The minimum atomic E-state index is -0.218. The highest BCUT2D eigenvalue weighted by Crippen LogP contribution is 2.52. The number of carbonyl (C=O) groups excluding carboxylic acids is 1. The van der Waals surface area contributed by atoms with Gasteiger partial charge in [0.15, 0.2) is 5.78 Å². The second-order valence-electron chi connectivity index (χ2n) is 7.18. The third kappa shape index (κ3) is 1.99. The molecule has 2 heteroatoms. The maximum absolute atomic E-state index is 12.1. The van der Waals surface area contributed by atoms with Crippen molar-refractivity contribution in [3.05, 3.63) is 11.1 Å². The summed E-state index contributed by atoms with van der Waals surface area (Å²) in [5.41, 5.74) is 2.33. The number of hydrogen-bond acceptors (Lipinski definition) is 2. The Balaban J connectivity index is 2.06. The van der Waals surface area contributed by atoms with Crippen LogP contribution < -0.4 is 0 Å². The zero-order valence-electron chi connectivity index (χ0n) is 12.4. The second kappa shape index (κ2) is 4.73. The predicted octanol–water partition coefficient (Wildman–Crippen LogP) is 3.35. The van der Waals surface area contributed by atoms with Crippen molar-refractivity contribution in [1.82, 2.24) is 0 Å². The van der Waals surface area contributed by atoms with Gasteiger partial charge in [-0.3, -0.25) is 4.79 Å². The lowest BCUT2D eigenvalue weighted by molar-refractivity contribution is -0.115. The van der Waals surface area contributed by atoms with Crippen molar-refractivity contribution in [1.29, 1.82) is 0 Å². The molecule has 0 aromatic heterocycles. The van der Waals surface area contributed by atoms with Crippen LogP contribution in [-0.2, 0) is 4.79 Å². The molecule has 3 rings (SSSR count). The molecule has 2 nitrogen and oxygen atoms in total. The van der Waals surface area contributed by atoms with Crippen LogP contribution in [0.4, 0.5) is 0 Å². The molecule has 0 bridgehead atoms. The Morgan fingerprint density at radius 2 is 1.74 bits per heavy atom. The molecule has 0 aliphatic heterocycles. The van der Waals surface area contributed by atoms with Crippen molar-refractivity contribution in [2.75, 3.05) is 0 Å². The molecule has 1 N–H and O–H groups in total. The number of rotatable bonds is 0. The molecule has 0 unspecified atom stereocenters. The van der Waals surface area contributed by atoms with Crippen molar-refractivity contribution in [3.8, 4) is 0 Å². The fraction of sp³-hybridized carbons (Fsp3) is 0.824. The van der Waals surface area contributed by atoms with Gasteiger partial charge in [-0.25, -0.2) is 0 Å². The van der Waals surface area contributed by atoms with E-state index in [2.05, 4.69) is 13.8 Å². The number of aliphatic hydroxyl groups excluding tert-OH is 1. The third-order valence-electron chi connectivity index (χ3n) is 6.18. The Labute approximate surface area is 116 Å². The molecule has 0 aromatic rings. The number of carbonyl (C=O) groups is 1. The quantitative estimate of drug-likeness (QED) is 0.727. The standard InChI is InChI=1S/C17H26O2/c1-9-5-7-14(18)17-12(9)6-4-10(2)13-8-15(19)11(3)16(13)17/h9-10,12-14,17-18H,4-8H2,1-3H3/t9-,10+,12-,13+,14-,17-/m0/s1. The fourth-order valence-corrected chi connectivity index (χ4v) is 4.93. The normalized spacial score (nSPS) is 46.8. The number of fused-ring (bicyclic) bond motifs is 3. The van der Waals surface area contributed by atoms with Gasteiger partial charge in [0.1, 0.15) is 0 Å². The first kappa shape index (κ1) is 13.4. The minimum Gasteiger partial charge on any atom is -0.392 e. The summed E-state index contributed by atoms with van der Waals surface area (Å²) < 4.78 is 0. The van der Waals surface area contributed by atoms with Gasteiger partial charge in [0.2, 0.25) is 0 Å². The SMILES string of the molecule is CC1=C2[C@H]3[C@@H](CC[C@@H](C)[C@H]2CC1=O)[C@@H](C)CC[C@@H]3O. The molecule has 0 aromatic carbocycles. The number of Topliss-reactive ketones (excluding diaryl/α,β-unsaturated/α-hetero) is 1. The summed E-state index contributed by atoms with van der Waals surface area (Å²) in [7, 11) is 0. The molecule has 0 heterocycles. The molecule has 3 aliphatic carbocycles. The van der Waals surface area contributed by atoms with Crippen LogP contribution in [0.25, 0.3) is 0 Å². The molecule has 2 saturated carbocycles. The number of allylic oxidation sites excluding steroid dienone is 1. The third-order valence-corrected chi connectivity index (χ3v) is 6.18. The van der Waals surface area contributed by atoms with Crippen LogP contribution in [0, 0.1) is 29.6 Å². The first-order valence-electron chi connectivity index (χ1n) is 7.92. The van der Waals surface area contributed by atoms with E-state index in [-0.39, 0.29) is 12.0 Å². The van der Waals surface area contributed by atoms with Gasteiger partial charge in [-0.1, -0.05) is 19.4 Å². The van der Waals surface area contributed by atoms with E-state index < -0.39 is 0 Å². The average Bonchev–Trinajstić information content (AvgIpc) is 2.57. The summed E-state index contributed by atoms with van der Waals surface area (Å²) in [5, 5.41) is 10.5. The van der Waals surface area contributed by atoms with Crippen LogP contribution in [0.2, 0.25) is 0 Å². The van der Waals surface area contributed by atoms with E-state index in [1.165, 1.54) is 18.4 Å². The smallest absolute Gasteiger partial charge is 0.159 e. The van der Waals surface area contributed by atoms with E-state index in [1.54, 1.807) is 0 Å². The highest BCUT2D eigenvalue weighted by Gasteiger charge is 2.47. The van der Waals surface area contributed by atoms with Crippen LogP contribution in [0.5, 0.6) is 0 Å². The zero-order valence-corrected chi connectivity index (χ0v) is 12.4. The maximum atomic E-state index is 12.1. The summed E-state index contributed by atoms with van der Waals surface area (Å²) >= 11 is 0. The summed E-state index contributed by atoms with van der Waals surface area (Å²) in [4.78, 5) is 12.1. The van der Waals surface area contributed by atoms with Gasteiger partial charge >= 0.3 is 0 Å². The molecule has 3 aliphatic rings. The van der Waals surface area contributed by atoms with Crippen LogP contribution in [-0.4, -0.2) is 17.0 Å². The monoisotopic (exact) mass is 262 g/mol. The maximum Gasteiger partial charge on any atom is 0.159 e. The van der Waals surface area contributed by atoms with Crippen molar-refractivity contribution >= 4 is 5.78 Å². The van der Waals surface area contributed by atoms with Gasteiger partial charge in [0, 0.05) is 12.3 Å². The van der Waals surface area contributed by atoms with E-state index in [0.717, 1.165) is 18.4 Å². The lowest BCUT2D eigenvalue weighted by atomic mass is 9.66. The molecule has 0 saturated heterocycles. The lowest BCUT2D eigenvalue weighted by Gasteiger charge is -2.41. The Hall–Kier alpha value is -0.630. The van der Waals surface area contributed by atoms with Gasteiger partial charge in [0.25, 0.3) is 0 Å². The molecular formula is C17H26O2. The predicted molar refractivity (Wildman–Crippen MR) is 75.6 cm³/mol. The molecule has 6 atom stereocenters. The average molecular weight is 262 g/mol. The van der Waals surface area contributed by atoms with Crippen molar-refractivity contribution in [2.45, 2.75) is 59.0 Å². The summed E-state index contributed by atoms with van der Waals surface area (Å²) in [6.45, 7) is 6.63. The van der Waals surface area contributed by atoms with Crippen LogP contribution in [0.1, 0.15) is 52.9 Å². The summed E-state index contributed by atoms with van der Waals surface area (Å²) in [6, 6.07) is 0. The van der Waals surface area contributed by atoms with Crippen LogP contribution in [0.3, 0.4) is 0 Å². The molecular weight excluding hydrogens is 236 g/mol. The number of hydrogen-bond donors (Lipinski definition) is 1. The fourth-order valence-electron chi connectivity index (χ4n) is 4.93. The Bertz CT molecular complexity index is 423. The lowest BCUT2D eigenvalue weighted by Crippen LogP contribution is -2.38. The Morgan fingerprint density at radius 1 is 1.05 bits per heavy atom. The van der Waals surface area contributed by atoms with Gasteiger partial charge in [0.05, 0.1) is 6.10 Å². The van der Waals surface area contributed by atoms with Gasteiger partial charge in [-0.2, -0.15) is 0 Å². The van der Waals surface area contributed by atoms with E-state index in [0.29, 0.717) is 35.9 Å². The number of ketones is 1. The zero-order chi connectivity index (χ0) is 13.7. The Morgan fingerprint density at radius 3 is 2.47 bits per heavy atom. The first-order valence-corrected chi connectivity index (χ1v) is 7.92. The molecule has 2 fully saturated rings. The molecule has 19 heavy (non-hydrogen) atoms. The second-order valence-corrected chi connectivity index (χ2v) is 7.18. The van der Waals surface area contributed by atoms with Crippen molar-refractivity contribution in [3.63, 3.8) is 0 Å². The largest absolute Gasteiger partial charge is 0.392 e. The molecule has 106 valence electrons. The number of aliphatic hydroxyl groups is 1. The Kier molecular flexibility index (Phi) is 3.33. The topological polar surface area (TPSA) is 37.3 Å². The molecule has 0 amide bonds.